The van der Waals surface area contributed by atoms with Crippen molar-refractivity contribution in [1.29, 1.82) is 0 Å². The largest absolute Gasteiger partial charge is 0.573 e. The average Bonchev–Trinajstić information content (AvgIpc) is 2.22. The molecule has 0 radical (unpaired) electrons. The van der Waals surface area contributed by atoms with E-state index in [0.29, 0.717) is 0 Å². The predicted molar refractivity (Wildman–Crippen MR) is 63.5 cm³/mol. The number of amides is 2. The summed E-state index contributed by atoms with van der Waals surface area (Å²) in [5, 5.41) is 2.81. The molecule has 0 aliphatic rings. The fourth-order valence-electron chi connectivity index (χ4n) is 1.03. The number of carbonyl (C=O) groups excluding carboxylic acids is 1. The number of ether oxygens (including phenoxy) is 1. The molecule has 1 aromatic rings. The van der Waals surface area contributed by atoms with Crippen molar-refractivity contribution in [2.75, 3.05) is 0 Å². The van der Waals surface area contributed by atoms with Crippen LogP contribution in [-0.4, -0.2) is 18.6 Å². The van der Waals surface area contributed by atoms with Crippen LogP contribution in [0, 0.1) is 0 Å². The van der Waals surface area contributed by atoms with Crippen LogP contribution >= 0.6 is 23.2 Å². The first-order valence-electron chi connectivity index (χ1n) is 4.52. The summed E-state index contributed by atoms with van der Waals surface area (Å²) < 4.78 is 40.0. The molecule has 0 fully saturated rings. The summed E-state index contributed by atoms with van der Waals surface area (Å²) in [7, 11) is 0. The Balaban J connectivity index is 3.02. The van der Waals surface area contributed by atoms with Gasteiger partial charge in [-0.2, -0.15) is 5.10 Å². The third-order valence-corrected chi connectivity index (χ3v) is 2.42. The Hall–Kier alpha value is -1.67. The molecule has 3 N–H and O–H groups in total. The van der Waals surface area contributed by atoms with E-state index in [1.54, 1.807) is 0 Å². The molecule has 0 atom stereocenters. The number of nitrogens with zero attached hydrogens (tertiary/aromatic N) is 1. The Labute approximate surface area is 115 Å². The number of halogens is 5. The van der Waals surface area contributed by atoms with E-state index in [1.807, 2.05) is 5.43 Å². The van der Waals surface area contributed by atoms with Crippen LogP contribution < -0.4 is 15.9 Å². The molecule has 0 heterocycles. The minimum absolute atomic E-state index is 0.127. The number of hydrazone groups is 1. The molecule has 1 aromatic carbocycles. The SMILES string of the molecule is NC(=O)NN=Cc1cc(Cl)c(Cl)c(OC(F)(F)F)c1. The van der Waals surface area contributed by atoms with Gasteiger partial charge in [-0.1, -0.05) is 23.2 Å². The second-order valence-corrected chi connectivity index (χ2v) is 3.88. The van der Waals surface area contributed by atoms with Gasteiger partial charge in [0.1, 0.15) is 10.8 Å². The molecule has 0 bridgehead atoms. The standard InChI is InChI=1S/C9H6Cl2F3N3O2/c10-5-1-4(3-16-17-8(15)18)2-6(7(5)11)19-9(12,13)14/h1-3H,(H3,15,17,18). The highest BCUT2D eigenvalue weighted by molar-refractivity contribution is 6.43. The lowest BCUT2D eigenvalue weighted by molar-refractivity contribution is -0.274. The Bertz CT molecular complexity index is 520. The molecule has 5 nitrogen and oxygen atoms in total. The smallest absolute Gasteiger partial charge is 0.404 e. The summed E-state index contributed by atoms with van der Waals surface area (Å²) in [5.41, 5.74) is 6.73. The molecule has 10 heteroatoms. The average molecular weight is 316 g/mol. The highest BCUT2D eigenvalue weighted by Crippen LogP contribution is 2.36. The van der Waals surface area contributed by atoms with Crippen LogP contribution in [0.2, 0.25) is 10.0 Å². The lowest BCUT2D eigenvalue weighted by Gasteiger charge is -2.11. The molecular weight excluding hydrogens is 310 g/mol. The molecule has 1 rings (SSSR count). The van der Waals surface area contributed by atoms with Gasteiger partial charge in [-0.3, -0.25) is 0 Å². The number of hydrogen-bond donors (Lipinski definition) is 2. The minimum atomic E-state index is -4.91. The lowest BCUT2D eigenvalue weighted by atomic mass is 10.2. The summed E-state index contributed by atoms with van der Waals surface area (Å²) in [6, 6.07) is 1.26. The zero-order chi connectivity index (χ0) is 14.6. The number of nitrogens with two attached hydrogens (primary N) is 1. The Morgan fingerprint density at radius 1 is 1.42 bits per heavy atom. The van der Waals surface area contributed by atoms with Gasteiger partial charge < -0.3 is 10.5 Å². The van der Waals surface area contributed by atoms with Crippen molar-refractivity contribution in [3.8, 4) is 5.75 Å². The van der Waals surface area contributed by atoms with E-state index in [4.69, 9.17) is 28.9 Å². The molecule has 19 heavy (non-hydrogen) atoms. The second-order valence-electron chi connectivity index (χ2n) is 3.10. The van der Waals surface area contributed by atoms with Crippen LogP contribution in [0.3, 0.4) is 0 Å². The first-order valence-corrected chi connectivity index (χ1v) is 5.28. The summed E-state index contributed by atoms with van der Waals surface area (Å²) >= 11 is 11.2. The zero-order valence-electron chi connectivity index (χ0n) is 8.96. The fraction of sp³-hybridized carbons (Fsp3) is 0.111. The maximum Gasteiger partial charge on any atom is 0.573 e. The maximum absolute atomic E-state index is 12.1. The molecule has 0 aromatic heterocycles. The molecule has 0 saturated carbocycles. The van der Waals surface area contributed by atoms with Crippen LogP contribution in [0.5, 0.6) is 5.75 Å². The van der Waals surface area contributed by atoms with Crippen molar-refractivity contribution in [1.82, 2.24) is 5.43 Å². The van der Waals surface area contributed by atoms with Crippen molar-refractivity contribution >= 4 is 35.4 Å². The molecule has 0 spiro atoms. The van der Waals surface area contributed by atoms with Gasteiger partial charge in [0, 0.05) is 0 Å². The molecule has 2 amide bonds. The van der Waals surface area contributed by atoms with Crippen LogP contribution in [0.1, 0.15) is 5.56 Å². The molecule has 104 valence electrons. The number of rotatable bonds is 3. The summed E-state index contributed by atoms with van der Waals surface area (Å²) in [6.45, 7) is 0. The topological polar surface area (TPSA) is 76.7 Å². The van der Waals surface area contributed by atoms with Crippen molar-refractivity contribution in [3.63, 3.8) is 0 Å². The molecule has 0 aliphatic heterocycles. The first-order chi connectivity index (χ1) is 8.69. The quantitative estimate of drug-likeness (QED) is 0.664. The Kier molecular flexibility index (Phi) is 4.84. The number of nitrogens with one attached hydrogen (secondary N) is 1. The van der Waals surface area contributed by atoms with E-state index in [1.165, 1.54) is 6.07 Å². The monoisotopic (exact) mass is 315 g/mol. The normalized spacial score (nSPS) is 11.6. The first kappa shape index (κ1) is 15.4. The van der Waals surface area contributed by atoms with Crippen LogP contribution in [0.4, 0.5) is 18.0 Å². The van der Waals surface area contributed by atoms with Crippen molar-refractivity contribution in [3.05, 3.63) is 27.7 Å². The maximum atomic E-state index is 12.1. The second kappa shape index (κ2) is 5.98. The van der Waals surface area contributed by atoms with Gasteiger partial charge >= 0.3 is 12.4 Å². The van der Waals surface area contributed by atoms with E-state index in [0.717, 1.165) is 12.3 Å². The van der Waals surface area contributed by atoms with Gasteiger partial charge in [0.2, 0.25) is 0 Å². The van der Waals surface area contributed by atoms with Crippen molar-refractivity contribution < 1.29 is 22.7 Å². The molecule has 0 aliphatic carbocycles. The summed E-state index contributed by atoms with van der Waals surface area (Å²) in [4.78, 5) is 10.3. The number of alkyl halides is 3. The highest BCUT2D eigenvalue weighted by Gasteiger charge is 2.32. The molecule has 0 unspecified atom stereocenters. The Morgan fingerprint density at radius 3 is 2.58 bits per heavy atom. The number of urea groups is 1. The lowest BCUT2D eigenvalue weighted by Crippen LogP contribution is -2.24. The van der Waals surface area contributed by atoms with Crippen LogP contribution in [0.25, 0.3) is 0 Å². The Morgan fingerprint density at radius 2 is 2.05 bits per heavy atom. The van der Waals surface area contributed by atoms with Crippen LogP contribution in [0.15, 0.2) is 17.2 Å². The fourth-order valence-corrected chi connectivity index (χ4v) is 1.39. The van der Waals surface area contributed by atoms with Crippen molar-refractivity contribution in [2.45, 2.75) is 6.36 Å². The third-order valence-electron chi connectivity index (χ3n) is 1.63. The van der Waals surface area contributed by atoms with Gasteiger partial charge in [0.15, 0.2) is 0 Å². The molecular formula is C9H6Cl2F3N3O2. The van der Waals surface area contributed by atoms with Crippen molar-refractivity contribution in [2.24, 2.45) is 10.8 Å². The summed E-state index contributed by atoms with van der Waals surface area (Å²) in [5.74, 6) is -0.679. The van der Waals surface area contributed by atoms with E-state index in [-0.39, 0.29) is 15.6 Å². The highest BCUT2D eigenvalue weighted by atomic mass is 35.5. The van der Waals surface area contributed by atoms with E-state index < -0.39 is 18.1 Å². The third kappa shape index (κ3) is 5.23. The number of primary amides is 1. The molecule has 0 saturated heterocycles. The van der Waals surface area contributed by atoms with Gasteiger partial charge in [-0.05, 0) is 17.7 Å². The van der Waals surface area contributed by atoms with Crippen LogP contribution in [-0.2, 0) is 0 Å². The minimum Gasteiger partial charge on any atom is -0.404 e. The number of benzene rings is 1. The predicted octanol–water partition coefficient (Wildman–Crippen LogP) is 2.89. The van der Waals surface area contributed by atoms with E-state index in [9.17, 15) is 18.0 Å². The van der Waals surface area contributed by atoms with Gasteiger partial charge in [0.25, 0.3) is 0 Å². The van der Waals surface area contributed by atoms with Gasteiger partial charge in [-0.15, -0.1) is 13.2 Å². The van der Waals surface area contributed by atoms with E-state index in [2.05, 4.69) is 9.84 Å². The summed E-state index contributed by atoms with van der Waals surface area (Å²) in [6.07, 6.45) is -3.88. The number of hydrogen-bond acceptors (Lipinski definition) is 3. The number of carbonyl (C=O) groups is 1. The van der Waals surface area contributed by atoms with Gasteiger partial charge in [0.05, 0.1) is 11.2 Å². The zero-order valence-corrected chi connectivity index (χ0v) is 10.5. The van der Waals surface area contributed by atoms with E-state index >= 15 is 0 Å². The van der Waals surface area contributed by atoms with Gasteiger partial charge in [-0.25, -0.2) is 10.2 Å².